The fourth-order valence-corrected chi connectivity index (χ4v) is 12.0. The molecule has 1 saturated heterocycles. The molecule has 0 aromatic rings. The number of aliphatic carboxylic acids is 1. The van der Waals surface area contributed by atoms with Crippen molar-refractivity contribution in [3.05, 3.63) is 11.6 Å². The van der Waals surface area contributed by atoms with Crippen LogP contribution in [0.25, 0.3) is 0 Å². The molecule has 5 nitrogen and oxygen atoms in total. The molecule has 0 spiro atoms. The standard InChI is InChI=1S/C33H52O5/c1-19-12-15-33(26(34)35)17-16-30(7)20(24(33)32(19,9)36)10-11-23-29(6)18-21-25(38-28(4,5)37-21)27(2,3)22(29)13-14-31(23,30)8/h10,19,21-25,36H,11-18H2,1-9H3,(H,34,35)/t19-,21-,22+,23-,24-,25-,29+,30-,31-,32-,33+/m1/s1. The van der Waals surface area contributed by atoms with Gasteiger partial charge in [0.05, 0.1) is 23.2 Å². The Kier molecular flexibility index (Phi) is 5.51. The van der Waals surface area contributed by atoms with Gasteiger partial charge < -0.3 is 19.7 Å². The van der Waals surface area contributed by atoms with Crippen molar-refractivity contribution in [2.45, 2.75) is 137 Å². The molecule has 0 aromatic carbocycles. The van der Waals surface area contributed by atoms with E-state index >= 15 is 0 Å². The molecule has 11 atom stereocenters. The van der Waals surface area contributed by atoms with Crippen molar-refractivity contribution in [1.29, 1.82) is 0 Å². The summed E-state index contributed by atoms with van der Waals surface area (Å²) in [7, 11) is 0. The minimum Gasteiger partial charge on any atom is -0.481 e. The van der Waals surface area contributed by atoms with Gasteiger partial charge in [-0.1, -0.05) is 53.2 Å². The largest absolute Gasteiger partial charge is 0.481 e. The van der Waals surface area contributed by atoms with E-state index in [9.17, 15) is 15.0 Å². The first kappa shape index (κ1) is 27.3. The molecule has 5 heteroatoms. The molecule has 0 unspecified atom stereocenters. The second kappa shape index (κ2) is 7.68. The number of fused-ring (bicyclic) bond motifs is 8. The second-order valence-corrected chi connectivity index (χ2v) is 16.5. The minimum atomic E-state index is -1.02. The van der Waals surface area contributed by atoms with Gasteiger partial charge in [0, 0.05) is 5.92 Å². The molecule has 214 valence electrons. The van der Waals surface area contributed by atoms with E-state index in [1.54, 1.807) is 0 Å². The van der Waals surface area contributed by atoms with Gasteiger partial charge in [0.15, 0.2) is 5.79 Å². The highest BCUT2D eigenvalue weighted by Crippen LogP contribution is 2.76. The SMILES string of the molecule is C[C@@H]1CC[C@]2(C(=O)O)CC[C@]3(C)C(=CC[C@@H]4[C@@]5(C)C[C@H]6OC(C)(C)O[C@H]6C(C)(C)[C@@H]5CC[C@]43C)[C@@H]2[C@]1(C)O. The molecule has 5 aliphatic carbocycles. The fraction of sp³-hybridized carbons (Fsp3) is 0.909. The van der Waals surface area contributed by atoms with Crippen LogP contribution < -0.4 is 0 Å². The molecule has 5 fully saturated rings. The molecule has 2 N–H and O–H groups in total. The van der Waals surface area contributed by atoms with Crippen LogP contribution >= 0.6 is 0 Å². The summed E-state index contributed by atoms with van der Waals surface area (Å²) in [6.45, 7) is 20.5. The Morgan fingerprint density at radius 3 is 2.26 bits per heavy atom. The molecule has 0 bridgehead atoms. The van der Waals surface area contributed by atoms with Gasteiger partial charge in [0.1, 0.15) is 0 Å². The summed E-state index contributed by atoms with van der Waals surface area (Å²) in [5, 5.41) is 22.6. The molecule has 1 aliphatic heterocycles. The van der Waals surface area contributed by atoms with Gasteiger partial charge in [-0.25, -0.2) is 0 Å². The second-order valence-electron chi connectivity index (χ2n) is 16.5. The number of ether oxygens (including phenoxy) is 2. The molecule has 1 heterocycles. The summed E-state index contributed by atoms with van der Waals surface area (Å²) in [6.07, 6.45) is 9.93. The van der Waals surface area contributed by atoms with Crippen molar-refractivity contribution in [3.8, 4) is 0 Å². The van der Waals surface area contributed by atoms with E-state index in [4.69, 9.17) is 9.47 Å². The molecule has 6 rings (SSSR count). The van der Waals surface area contributed by atoms with Crippen LogP contribution in [0, 0.1) is 50.7 Å². The molecular weight excluding hydrogens is 476 g/mol. The predicted molar refractivity (Wildman–Crippen MR) is 147 cm³/mol. The maximum atomic E-state index is 13.0. The van der Waals surface area contributed by atoms with Crippen molar-refractivity contribution in [3.63, 3.8) is 0 Å². The van der Waals surface area contributed by atoms with E-state index in [2.05, 4.69) is 61.5 Å². The van der Waals surface area contributed by atoms with Crippen LogP contribution in [0.2, 0.25) is 0 Å². The molecule has 0 amide bonds. The number of hydrogen-bond acceptors (Lipinski definition) is 4. The van der Waals surface area contributed by atoms with Crippen LogP contribution in [0.5, 0.6) is 0 Å². The van der Waals surface area contributed by atoms with Crippen LogP contribution in [0.1, 0.15) is 114 Å². The highest BCUT2D eigenvalue weighted by atomic mass is 16.8. The first-order valence-electron chi connectivity index (χ1n) is 15.4. The van der Waals surface area contributed by atoms with Gasteiger partial charge in [-0.15, -0.1) is 0 Å². The summed E-state index contributed by atoms with van der Waals surface area (Å²) < 4.78 is 13.1. The van der Waals surface area contributed by atoms with Crippen LogP contribution in [-0.2, 0) is 14.3 Å². The number of carbonyl (C=O) groups is 1. The summed E-state index contributed by atoms with van der Waals surface area (Å²) in [4.78, 5) is 13.0. The number of carboxylic acid groups (broad SMARTS) is 1. The van der Waals surface area contributed by atoms with Gasteiger partial charge in [-0.3, -0.25) is 4.79 Å². The zero-order valence-electron chi connectivity index (χ0n) is 25.3. The van der Waals surface area contributed by atoms with E-state index in [0.29, 0.717) is 24.7 Å². The maximum Gasteiger partial charge on any atom is 0.310 e. The first-order chi connectivity index (χ1) is 17.4. The zero-order valence-corrected chi connectivity index (χ0v) is 25.3. The summed E-state index contributed by atoms with van der Waals surface area (Å²) in [6, 6.07) is 0. The van der Waals surface area contributed by atoms with Gasteiger partial charge in [0.2, 0.25) is 0 Å². The molecule has 0 aromatic heterocycles. The van der Waals surface area contributed by atoms with Crippen molar-refractivity contribution in [1.82, 2.24) is 0 Å². The smallest absolute Gasteiger partial charge is 0.310 e. The Bertz CT molecular complexity index is 1070. The highest BCUT2D eigenvalue weighted by Gasteiger charge is 2.72. The van der Waals surface area contributed by atoms with Crippen molar-refractivity contribution < 1.29 is 24.5 Å². The predicted octanol–water partition coefficient (Wildman–Crippen LogP) is 6.97. The lowest BCUT2D eigenvalue weighted by molar-refractivity contribution is -0.222. The van der Waals surface area contributed by atoms with Gasteiger partial charge >= 0.3 is 5.97 Å². The topological polar surface area (TPSA) is 76.0 Å². The maximum absolute atomic E-state index is 13.0. The molecule has 38 heavy (non-hydrogen) atoms. The van der Waals surface area contributed by atoms with E-state index in [-0.39, 0.29) is 45.7 Å². The van der Waals surface area contributed by atoms with Crippen molar-refractivity contribution >= 4 is 5.97 Å². The van der Waals surface area contributed by atoms with Crippen LogP contribution in [-0.4, -0.2) is 39.8 Å². The molecule has 6 aliphatic rings. The zero-order chi connectivity index (χ0) is 27.9. The average Bonchev–Trinajstić information content (AvgIpc) is 3.11. The monoisotopic (exact) mass is 528 g/mol. The van der Waals surface area contributed by atoms with E-state index in [0.717, 1.165) is 38.5 Å². The number of aliphatic hydroxyl groups is 1. The summed E-state index contributed by atoms with van der Waals surface area (Å²) in [5.74, 6) is -0.457. The lowest BCUT2D eigenvalue weighted by Crippen LogP contribution is -2.68. The van der Waals surface area contributed by atoms with Crippen LogP contribution in [0.15, 0.2) is 11.6 Å². The Hall–Kier alpha value is -0.910. The number of hydrogen-bond donors (Lipinski definition) is 2. The third-order valence-electron chi connectivity index (χ3n) is 14.2. The third kappa shape index (κ3) is 3.08. The average molecular weight is 529 g/mol. The molecule has 4 saturated carbocycles. The lowest BCUT2D eigenvalue weighted by atomic mass is 9.33. The fourth-order valence-electron chi connectivity index (χ4n) is 12.0. The number of allylic oxidation sites excluding steroid dienone is 1. The summed E-state index contributed by atoms with van der Waals surface area (Å²) in [5.41, 5.74) is -0.565. The van der Waals surface area contributed by atoms with E-state index in [1.165, 1.54) is 5.57 Å². The quantitative estimate of drug-likeness (QED) is 0.359. The van der Waals surface area contributed by atoms with Gasteiger partial charge in [-0.05, 0) is 112 Å². The third-order valence-corrected chi connectivity index (χ3v) is 14.2. The van der Waals surface area contributed by atoms with Gasteiger partial charge in [0.25, 0.3) is 0 Å². The highest BCUT2D eigenvalue weighted by molar-refractivity contribution is 5.77. The minimum absolute atomic E-state index is 0.0190. The first-order valence-corrected chi connectivity index (χ1v) is 15.4. The Morgan fingerprint density at radius 2 is 1.61 bits per heavy atom. The van der Waals surface area contributed by atoms with E-state index in [1.807, 2.05) is 6.92 Å². The van der Waals surface area contributed by atoms with Crippen molar-refractivity contribution in [2.75, 3.05) is 0 Å². The Labute approximate surface area is 230 Å². The molecule has 0 radical (unpaired) electrons. The van der Waals surface area contributed by atoms with Crippen molar-refractivity contribution in [2.24, 2.45) is 50.7 Å². The number of rotatable bonds is 1. The van der Waals surface area contributed by atoms with Crippen LogP contribution in [0.3, 0.4) is 0 Å². The summed E-state index contributed by atoms with van der Waals surface area (Å²) >= 11 is 0. The van der Waals surface area contributed by atoms with Gasteiger partial charge in [-0.2, -0.15) is 0 Å². The lowest BCUT2D eigenvalue weighted by Gasteiger charge is -2.72. The molecular formula is C33H52O5. The van der Waals surface area contributed by atoms with Crippen LogP contribution in [0.4, 0.5) is 0 Å². The Balaban J connectivity index is 1.46. The number of carboxylic acids is 1. The van der Waals surface area contributed by atoms with E-state index < -0.39 is 22.8 Å². The Morgan fingerprint density at radius 1 is 0.921 bits per heavy atom. The normalized spacial score (nSPS) is 56.4.